The van der Waals surface area contributed by atoms with Gasteiger partial charge in [-0.25, -0.2) is 4.98 Å². The van der Waals surface area contributed by atoms with Gasteiger partial charge < -0.3 is 20.3 Å². The lowest BCUT2D eigenvalue weighted by Gasteiger charge is -2.26. The van der Waals surface area contributed by atoms with Crippen molar-refractivity contribution < 1.29 is 5.11 Å². The van der Waals surface area contributed by atoms with Crippen molar-refractivity contribution in [2.75, 3.05) is 32.5 Å². The molecule has 5 heteroatoms. The molecule has 1 aliphatic heterocycles. The van der Waals surface area contributed by atoms with Crippen molar-refractivity contribution in [3.63, 3.8) is 0 Å². The Balaban J connectivity index is 1.97. The molecule has 0 radical (unpaired) electrons. The molecule has 120 valence electrons. The maximum absolute atomic E-state index is 9.02. The quantitative estimate of drug-likeness (QED) is 0.907. The molecular formula is C17H26N4O. The summed E-state index contributed by atoms with van der Waals surface area (Å²) in [4.78, 5) is 6.90. The molecule has 5 nitrogen and oxygen atoms in total. The highest BCUT2D eigenvalue weighted by atomic mass is 16.3. The molecule has 2 aromatic rings. The van der Waals surface area contributed by atoms with E-state index in [-0.39, 0.29) is 12.0 Å². The van der Waals surface area contributed by atoms with Gasteiger partial charge in [-0.05, 0) is 36.6 Å². The minimum atomic E-state index is 0.166. The molecule has 1 saturated heterocycles. The van der Waals surface area contributed by atoms with Crippen molar-refractivity contribution in [1.29, 1.82) is 0 Å². The highest BCUT2D eigenvalue weighted by molar-refractivity contribution is 5.79. The van der Waals surface area contributed by atoms with Gasteiger partial charge in [0.05, 0.1) is 11.0 Å². The number of hydrogen-bond acceptors (Lipinski definition) is 4. The van der Waals surface area contributed by atoms with Crippen molar-refractivity contribution in [2.24, 2.45) is 5.41 Å². The zero-order valence-electron chi connectivity index (χ0n) is 13.7. The largest absolute Gasteiger partial charge is 0.396 e. The van der Waals surface area contributed by atoms with Crippen LogP contribution in [0, 0.1) is 5.41 Å². The van der Waals surface area contributed by atoms with Gasteiger partial charge in [-0.15, -0.1) is 0 Å². The van der Waals surface area contributed by atoms with Crippen molar-refractivity contribution in [3.8, 4) is 0 Å². The molecule has 1 unspecified atom stereocenters. The van der Waals surface area contributed by atoms with Gasteiger partial charge in [-0.1, -0.05) is 19.9 Å². The summed E-state index contributed by atoms with van der Waals surface area (Å²) in [6.45, 7) is 7.73. The van der Waals surface area contributed by atoms with Crippen LogP contribution in [0.15, 0.2) is 18.2 Å². The van der Waals surface area contributed by atoms with Gasteiger partial charge in [0.2, 0.25) is 5.95 Å². The van der Waals surface area contributed by atoms with Gasteiger partial charge in [0.25, 0.3) is 0 Å². The SMILES string of the molecule is CN1CC(c2ccc3c(c2)nc(N)n3CCCO)C(C)(C)C1. The first kappa shape index (κ1) is 15.3. The van der Waals surface area contributed by atoms with Crippen LogP contribution in [0.2, 0.25) is 0 Å². The zero-order valence-corrected chi connectivity index (χ0v) is 13.7. The molecular weight excluding hydrogens is 276 g/mol. The van der Waals surface area contributed by atoms with E-state index in [2.05, 4.69) is 49.0 Å². The van der Waals surface area contributed by atoms with E-state index in [1.165, 1.54) is 5.56 Å². The van der Waals surface area contributed by atoms with Crippen LogP contribution in [0.4, 0.5) is 5.95 Å². The van der Waals surface area contributed by atoms with Crippen LogP contribution >= 0.6 is 0 Å². The van der Waals surface area contributed by atoms with Crippen LogP contribution in [0.5, 0.6) is 0 Å². The number of likely N-dealkylation sites (N-methyl/N-ethyl adjacent to an activating group) is 1. The van der Waals surface area contributed by atoms with E-state index in [0.717, 1.165) is 24.1 Å². The van der Waals surface area contributed by atoms with Crippen LogP contribution in [-0.4, -0.2) is 46.3 Å². The van der Waals surface area contributed by atoms with E-state index >= 15 is 0 Å². The molecule has 1 aromatic heterocycles. The fraction of sp³-hybridized carbons (Fsp3) is 0.588. The number of nitrogens with two attached hydrogens (primary N) is 1. The molecule has 1 aliphatic rings. The third kappa shape index (κ3) is 2.59. The number of hydrogen-bond donors (Lipinski definition) is 2. The molecule has 0 bridgehead atoms. The van der Waals surface area contributed by atoms with Gasteiger partial charge in [0, 0.05) is 32.2 Å². The highest BCUT2D eigenvalue weighted by Crippen LogP contribution is 2.42. The van der Waals surface area contributed by atoms with Crippen LogP contribution in [-0.2, 0) is 6.54 Å². The van der Waals surface area contributed by atoms with Crippen molar-refractivity contribution in [2.45, 2.75) is 32.7 Å². The van der Waals surface area contributed by atoms with E-state index in [4.69, 9.17) is 10.8 Å². The maximum atomic E-state index is 9.02. The number of aliphatic hydroxyl groups excluding tert-OH is 1. The van der Waals surface area contributed by atoms with Gasteiger partial charge >= 0.3 is 0 Å². The molecule has 22 heavy (non-hydrogen) atoms. The molecule has 0 spiro atoms. The Hall–Kier alpha value is -1.59. The normalized spacial score (nSPS) is 21.7. The Morgan fingerprint density at radius 2 is 2.18 bits per heavy atom. The molecule has 3 N–H and O–H groups in total. The van der Waals surface area contributed by atoms with E-state index in [1.807, 2.05) is 4.57 Å². The number of likely N-dealkylation sites (tertiary alicyclic amines) is 1. The van der Waals surface area contributed by atoms with Crippen molar-refractivity contribution >= 4 is 17.0 Å². The summed E-state index contributed by atoms with van der Waals surface area (Å²) < 4.78 is 1.99. The second kappa shape index (κ2) is 5.56. The average molecular weight is 302 g/mol. The van der Waals surface area contributed by atoms with Crippen LogP contribution in [0.1, 0.15) is 31.7 Å². The van der Waals surface area contributed by atoms with E-state index in [0.29, 0.717) is 24.8 Å². The molecule has 0 aliphatic carbocycles. The summed E-state index contributed by atoms with van der Waals surface area (Å²) in [7, 11) is 2.18. The number of nitrogens with zero attached hydrogens (tertiary/aromatic N) is 3. The second-order valence-electron chi connectivity index (χ2n) is 7.18. The lowest BCUT2D eigenvalue weighted by atomic mass is 9.78. The van der Waals surface area contributed by atoms with Gasteiger partial charge in [-0.2, -0.15) is 0 Å². The number of benzene rings is 1. The summed E-state index contributed by atoms with van der Waals surface area (Å²) in [5.41, 5.74) is 9.66. The molecule has 1 fully saturated rings. The molecule has 0 saturated carbocycles. The van der Waals surface area contributed by atoms with Gasteiger partial charge in [-0.3, -0.25) is 0 Å². The van der Waals surface area contributed by atoms with Crippen molar-refractivity contribution in [3.05, 3.63) is 23.8 Å². The number of aliphatic hydroxyl groups is 1. The van der Waals surface area contributed by atoms with E-state index in [1.54, 1.807) is 0 Å². The summed E-state index contributed by atoms with van der Waals surface area (Å²) in [5.74, 6) is 1.05. The molecule has 2 heterocycles. The summed E-state index contributed by atoms with van der Waals surface area (Å²) in [6.07, 6.45) is 0.692. The van der Waals surface area contributed by atoms with Gasteiger partial charge in [0.1, 0.15) is 0 Å². The molecule has 0 amide bonds. The van der Waals surface area contributed by atoms with Crippen molar-refractivity contribution in [1.82, 2.24) is 14.5 Å². The second-order valence-corrected chi connectivity index (χ2v) is 7.18. The molecule has 3 rings (SSSR count). The summed E-state index contributed by atoms with van der Waals surface area (Å²) in [6, 6.07) is 6.52. The van der Waals surface area contributed by atoms with Crippen LogP contribution < -0.4 is 5.73 Å². The third-order valence-electron chi connectivity index (χ3n) is 4.86. The molecule has 1 atom stereocenters. The average Bonchev–Trinajstić information content (AvgIpc) is 2.90. The summed E-state index contributed by atoms with van der Waals surface area (Å²) >= 11 is 0. The number of aryl methyl sites for hydroxylation is 1. The standard InChI is InChI=1S/C17H26N4O/c1-17(2)11-20(3)10-13(17)12-5-6-15-14(9-12)19-16(18)21(15)7-4-8-22/h5-6,9,13,22H,4,7-8,10-11H2,1-3H3,(H2,18,19). The topological polar surface area (TPSA) is 67.3 Å². The number of imidazole rings is 1. The lowest BCUT2D eigenvalue weighted by Crippen LogP contribution is -2.21. The Kier molecular flexibility index (Phi) is 3.87. The first-order chi connectivity index (χ1) is 10.4. The minimum absolute atomic E-state index is 0.166. The fourth-order valence-corrected chi connectivity index (χ4v) is 3.83. The number of nitrogen functional groups attached to an aromatic ring is 1. The molecule has 1 aromatic carbocycles. The van der Waals surface area contributed by atoms with E-state index in [9.17, 15) is 0 Å². The fourth-order valence-electron chi connectivity index (χ4n) is 3.83. The first-order valence-corrected chi connectivity index (χ1v) is 7.97. The van der Waals surface area contributed by atoms with Crippen LogP contribution in [0.3, 0.4) is 0 Å². The maximum Gasteiger partial charge on any atom is 0.201 e. The van der Waals surface area contributed by atoms with E-state index < -0.39 is 0 Å². The summed E-state index contributed by atoms with van der Waals surface area (Å²) in [5, 5.41) is 9.02. The predicted molar refractivity (Wildman–Crippen MR) is 89.9 cm³/mol. The minimum Gasteiger partial charge on any atom is -0.396 e. The Morgan fingerprint density at radius 1 is 1.41 bits per heavy atom. The van der Waals surface area contributed by atoms with Gasteiger partial charge in [0.15, 0.2) is 0 Å². The number of aromatic nitrogens is 2. The smallest absolute Gasteiger partial charge is 0.201 e. The Bertz CT molecular complexity index is 677. The monoisotopic (exact) mass is 302 g/mol. The third-order valence-corrected chi connectivity index (χ3v) is 4.86. The number of anilines is 1. The Labute approximate surface area is 131 Å². The lowest BCUT2D eigenvalue weighted by molar-refractivity contribution is 0.281. The van der Waals surface area contributed by atoms with Crippen LogP contribution in [0.25, 0.3) is 11.0 Å². The zero-order chi connectivity index (χ0) is 15.9. The first-order valence-electron chi connectivity index (χ1n) is 7.97. The highest BCUT2D eigenvalue weighted by Gasteiger charge is 2.38. The Morgan fingerprint density at radius 3 is 2.82 bits per heavy atom. The predicted octanol–water partition coefficient (Wildman–Crippen LogP) is 2.06. The number of rotatable bonds is 4. The number of fused-ring (bicyclic) bond motifs is 1.